The molecule has 5 aliphatic rings. The number of hydrogen-bond acceptors (Lipinski definition) is 12. The zero-order chi connectivity index (χ0) is 24.0. The Hall–Kier alpha value is -2.81. The molecule has 0 spiro atoms. The van der Waals surface area contributed by atoms with Crippen LogP contribution in [-0.2, 0) is 20.8 Å². The molecule has 0 amide bonds. The van der Waals surface area contributed by atoms with Gasteiger partial charge in [-0.2, -0.15) is 0 Å². The van der Waals surface area contributed by atoms with Crippen LogP contribution in [0.2, 0.25) is 0 Å². The van der Waals surface area contributed by atoms with Gasteiger partial charge in [-0.1, -0.05) is 6.08 Å². The maximum Gasteiger partial charge on any atom is 0.502 e. The van der Waals surface area contributed by atoms with Gasteiger partial charge in [0.1, 0.15) is 0 Å². The Kier molecular flexibility index (Phi) is 4.53. The van der Waals surface area contributed by atoms with E-state index in [-0.39, 0.29) is 51.3 Å². The van der Waals surface area contributed by atoms with Crippen LogP contribution >= 0.6 is 0 Å². The molecule has 1 N–H and O–H groups in total. The monoisotopic (exact) mass is 512 g/mol. The van der Waals surface area contributed by atoms with Crippen molar-refractivity contribution < 1.29 is 43.4 Å². The largest absolute Gasteiger partial charge is 0.502 e. The molecule has 3 fully saturated rings. The molecule has 0 saturated carbocycles. The number of ether oxygens (including phenoxy) is 1. The predicted octanol–water partition coefficient (Wildman–Crippen LogP) is 1.21. The van der Waals surface area contributed by atoms with Crippen molar-refractivity contribution in [3.05, 3.63) is 24.3 Å². The lowest BCUT2D eigenvalue weighted by Crippen LogP contribution is -2.54. The van der Waals surface area contributed by atoms with Crippen LogP contribution in [0, 0.1) is 11.8 Å². The fourth-order valence-corrected chi connectivity index (χ4v) is 6.88. The Morgan fingerprint density at radius 1 is 1.21 bits per heavy atom. The SMILES string of the molecule is C=C[C@H]1CN2CCC1C[C@H]2[C@H](O)c1c2c(nc3cc4c(OC)c(c13)OS(=O)(=O)O4)OS(=O)(=O)O2. The molecule has 14 heteroatoms. The van der Waals surface area contributed by atoms with Gasteiger partial charge in [-0.25, -0.2) is 4.98 Å². The molecule has 0 radical (unpaired) electrons. The summed E-state index contributed by atoms with van der Waals surface area (Å²) in [6.07, 6.45) is 2.20. The topological polar surface area (TPSA) is 151 Å². The van der Waals surface area contributed by atoms with Crippen molar-refractivity contribution in [3.8, 4) is 28.9 Å². The zero-order valence-corrected chi connectivity index (χ0v) is 19.5. The molecule has 1 aromatic heterocycles. The van der Waals surface area contributed by atoms with Crippen LogP contribution in [0.25, 0.3) is 10.9 Å². The third-order valence-electron chi connectivity index (χ3n) is 6.87. The van der Waals surface area contributed by atoms with E-state index in [9.17, 15) is 21.9 Å². The Bertz CT molecular complexity index is 1460. The van der Waals surface area contributed by atoms with Crippen LogP contribution in [0.4, 0.5) is 0 Å². The minimum Gasteiger partial charge on any atom is -0.490 e. The van der Waals surface area contributed by atoms with Crippen molar-refractivity contribution in [3.63, 3.8) is 0 Å². The third-order valence-corrected chi connectivity index (χ3v) is 8.36. The number of aliphatic hydroxyl groups is 1. The van der Waals surface area contributed by atoms with Gasteiger partial charge in [0.25, 0.3) is 5.88 Å². The quantitative estimate of drug-likeness (QED) is 0.586. The summed E-state index contributed by atoms with van der Waals surface area (Å²) in [6, 6.07) is 0.856. The highest BCUT2D eigenvalue weighted by molar-refractivity contribution is 7.83. The number of piperidine rings is 3. The molecule has 0 aliphatic carbocycles. The molecule has 5 atom stereocenters. The second-order valence-corrected chi connectivity index (χ2v) is 10.9. The van der Waals surface area contributed by atoms with Gasteiger partial charge in [0.15, 0.2) is 5.75 Å². The van der Waals surface area contributed by atoms with Gasteiger partial charge in [0, 0.05) is 24.2 Å². The van der Waals surface area contributed by atoms with Crippen molar-refractivity contribution in [2.75, 3.05) is 20.2 Å². The number of benzene rings is 1. The van der Waals surface area contributed by atoms with E-state index in [1.54, 1.807) is 0 Å². The first kappa shape index (κ1) is 21.7. The Morgan fingerprint density at radius 3 is 2.62 bits per heavy atom. The number of methoxy groups -OCH3 is 1. The van der Waals surface area contributed by atoms with Crippen molar-refractivity contribution >= 4 is 31.7 Å². The fourth-order valence-electron chi connectivity index (χ4n) is 5.44. The summed E-state index contributed by atoms with van der Waals surface area (Å²) in [7, 11) is -7.65. The average Bonchev–Trinajstić information content (AvgIpc) is 3.09. The van der Waals surface area contributed by atoms with E-state index in [0.29, 0.717) is 18.9 Å². The number of pyridine rings is 1. The highest BCUT2D eigenvalue weighted by Crippen LogP contribution is 2.55. The predicted molar refractivity (Wildman–Crippen MR) is 115 cm³/mol. The molecule has 5 aliphatic heterocycles. The van der Waals surface area contributed by atoms with Crippen molar-refractivity contribution in [2.24, 2.45) is 11.8 Å². The molecular weight excluding hydrogens is 492 g/mol. The summed E-state index contributed by atoms with van der Waals surface area (Å²) < 4.78 is 73.8. The Labute approximate surface area is 195 Å². The molecule has 12 nitrogen and oxygen atoms in total. The van der Waals surface area contributed by atoms with Gasteiger partial charge in [-0.3, -0.25) is 4.90 Å². The van der Waals surface area contributed by atoms with Crippen LogP contribution < -0.4 is 21.5 Å². The summed E-state index contributed by atoms with van der Waals surface area (Å²) >= 11 is 0. The number of hydrogen-bond donors (Lipinski definition) is 1. The summed E-state index contributed by atoms with van der Waals surface area (Å²) in [6.45, 7) is 5.34. The lowest BCUT2D eigenvalue weighted by molar-refractivity contribution is -0.0448. The van der Waals surface area contributed by atoms with Crippen LogP contribution in [0.3, 0.4) is 0 Å². The van der Waals surface area contributed by atoms with Crippen LogP contribution in [0.15, 0.2) is 18.7 Å². The standard InChI is InChI=1S/C20H20N2O10S2/c1-3-9-8-22-5-4-10(9)6-12(22)16(23)15-14-11(21-20-19(15)31-34(26,27)32-20)7-13-17(28-2)18(14)30-33(24,25)29-13/h3,7,9-10,12,16,23H,1,4-6,8H2,2H3/t9-,10?,12-,16-/m0/s1. The van der Waals surface area contributed by atoms with E-state index in [0.717, 1.165) is 13.0 Å². The fraction of sp³-hybridized carbons (Fsp3) is 0.450. The van der Waals surface area contributed by atoms with E-state index in [4.69, 9.17) is 21.5 Å². The molecule has 1 aromatic carbocycles. The van der Waals surface area contributed by atoms with Gasteiger partial charge >= 0.3 is 20.8 Å². The first-order chi connectivity index (χ1) is 16.1. The second kappa shape index (κ2) is 7.10. The van der Waals surface area contributed by atoms with E-state index >= 15 is 0 Å². The smallest absolute Gasteiger partial charge is 0.490 e. The maximum atomic E-state index is 12.2. The highest BCUT2D eigenvalue weighted by Gasteiger charge is 2.47. The molecule has 2 aromatic rings. The van der Waals surface area contributed by atoms with Gasteiger partial charge in [-0.15, -0.1) is 23.4 Å². The number of aliphatic hydroxyl groups excluding tert-OH is 1. The van der Waals surface area contributed by atoms with E-state index < -0.39 is 32.9 Å². The molecular formula is C20H20N2O10S2. The molecule has 6 heterocycles. The number of rotatable bonds is 4. The molecule has 4 bridgehead atoms. The summed E-state index contributed by atoms with van der Waals surface area (Å²) in [5.41, 5.74) is 0.0693. The van der Waals surface area contributed by atoms with Crippen LogP contribution in [0.5, 0.6) is 28.9 Å². The number of fused-ring (bicyclic) bond motifs is 8. The van der Waals surface area contributed by atoms with Gasteiger partial charge < -0.3 is 26.6 Å². The molecule has 182 valence electrons. The minimum atomic E-state index is -4.48. The first-order valence-electron chi connectivity index (χ1n) is 10.5. The summed E-state index contributed by atoms with van der Waals surface area (Å²) in [5.74, 6) is -0.621. The van der Waals surface area contributed by atoms with Crippen LogP contribution in [0.1, 0.15) is 24.5 Å². The van der Waals surface area contributed by atoms with Gasteiger partial charge in [0.2, 0.25) is 17.2 Å². The van der Waals surface area contributed by atoms with E-state index in [2.05, 4.69) is 16.5 Å². The first-order valence-corrected chi connectivity index (χ1v) is 13.2. The Balaban J connectivity index is 1.60. The molecule has 7 rings (SSSR count). The number of nitrogens with zero attached hydrogens (tertiary/aromatic N) is 2. The second-order valence-electron chi connectivity index (χ2n) is 8.63. The maximum absolute atomic E-state index is 12.2. The third kappa shape index (κ3) is 3.12. The lowest BCUT2D eigenvalue weighted by Gasteiger charge is -2.50. The van der Waals surface area contributed by atoms with Crippen molar-refractivity contribution in [1.29, 1.82) is 0 Å². The molecule has 3 saturated heterocycles. The summed E-state index contributed by atoms with van der Waals surface area (Å²) in [5, 5.41) is 11.7. The van der Waals surface area contributed by atoms with Gasteiger partial charge in [-0.05, 0) is 31.2 Å². The minimum absolute atomic E-state index is 0.00859. The summed E-state index contributed by atoms with van der Waals surface area (Å²) in [4.78, 5) is 6.27. The lowest BCUT2D eigenvalue weighted by atomic mass is 9.73. The van der Waals surface area contributed by atoms with Crippen molar-refractivity contribution in [2.45, 2.75) is 25.0 Å². The van der Waals surface area contributed by atoms with E-state index in [1.165, 1.54) is 13.2 Å². The average molecular weight is 513 g/mol. The normalized spacial score (nSPS) is 30.3. The van der Waals surface area contributed by atoms with Gasteiger partial charge in [0.05, 0.1) is 24.1 Å². The van der Waals surface area contributed by atoms with Crippen LogP contribution in [-0.4, -0.2) is 58.1 Å². The molecule has 2 unspecified atom stereocenters. The molecule has 34 heavy (non-hydrogen) atoms. The highest BCUT2D eigenvalue weighted by atomic mass is 32.3. The number of aromatic nitrogens is 1. The Morgan fingerprint density at radius 2 is 1.94 bits per heavy atom. The van der Waals surface area contributed by atoms with E-state index in [1.807, 2.05) is 6.08 Å². The zero-order valence-electron chi connectivity index (χ0n) is 17.8. The van der Waals surface area contributed by atoms with Crippen molar-refractivity contribution in [1.82, 2.24) is 9.88 Å².